The summed E-state index contributed by atoms with van der Waals surface area (Å²) in [7, 11) is 0. The van der Waals surface area contributed by atoms with Gasteiger partial charge < -0.3 is 5.32 Å². The molecule has 0 radical (unpaired) electrons. The lowest BCUT2D eigenvalue weighted by Crippen LogP contribution is -2.19. The molecular weight excluding hydrogens is 252 g/mol. The fourth-order valence-electron chi connectivity index (χ4n) is 1.97. The van der Waals surface area contributed by atoms with Crippen LogP contribution in [0, 0.1) is 0 Å². The number of nitrogens with zero attached hydrogens (tertiary/aromatic N) is 5. The summed E-state index contributed by atoms with van der Waals surface area (Å²) in [4.78, 5) is 3.94. The number of hydrogen-bond donors (Lipinski definition) is 1. The molecule has 1 aromatic carbocycles. The zero-order chi connectivity index (χ0) is 13.6. The molecule has 0 unspecified atom stereocenters. The summed E-state index contributed by atoms with van der Waals surface area (Å²) in [5, 5.41) is 11.7. The van der Waals surface area contributed by atoms with E-state index in [9.17, 15) is 0 Å². The highest BCUT2D eigenvalue weighted by molar-refractivity contribution is 5.33. The lowest BCUT2D eigenvalue weighted by Gasteiger charge is -2.06. The Kier molecular flexibility index (Phi) is 3.84. The van der Waals surface area contributed by atoms with Crippen LogP contribution >= 0.6 is 0 Å². The van der Waals surface area contributed by atoms with Crippen LogP contribution in [0.25, 0.3) is 5.69 Å². The fraction of sp³-hybridized carbons (Fsp3) is 0.214. The zero-order valence-corrected chi connectivity index (χ0v) is 11.1. The Balaban J connectivity index is 1.48. The summed E-state index contributed by atoms with van der Waals surface area (Å²) in [5.41, 5.74) is 2.26. The quantitative estimate of drug-likeness (QED) is 0.684. The molecule has 0 aliphatic rings. The third-order valence-corrected chi connectivity index (χ3v) is 3.03. The highest BCUT2D eigenvalue weighted by Crippen LogP contribution is 2.07. The van der Waals surface area contributed by atoms with Crippen LogP contribution in [0.5, 0.6) is 0 Å². The van der Waals surface area contributed by atoms with Crippen molar-refractivity contribution >= 4 is 0 Å². The number of benzene rings is 1. The molecule has 1 N–H and O–H groups in total. The first kappa shape index (κ1) is 12.6. The molecule has 0 fully saturated rings. The molecule has 0 atom stereocenters. The van der Waals surface area contributed by atoms with E-state index < -0.39 is 0 Å². The average Bonchev–Trinajstić information content (AvgIpc) is 3.17. The van der Waals surface area contributed by atoms with Gasteiger partial charge >= 0.3 is 0 Å². The fourth-order valence-corrected chi connectivity index (χ4v) is 1.97. The largest absolute Gasteiger partial charge is 0.311 e. The van der Waals surface area contributed by atoms with Crippen molar-refractivity contribution in [3.63, 3.8) is 0 Å². The molecule has 0 amide bonds. The molecule has 102 valence electrons. The van der Waals surface area contributed by atoms with Crippen LogP contribution < -0.4 is 5.32 Å². The van der Waals surface area contributed by atoms with Crippen molar-refractivity contribution in [2.24, 2.45) is 0 Å². The van der Waals surface area contributed by atoms with Crippen LogP contribution in [0.3, 0.4) is 0 Å². The average molecular weight is 268 g/mol. The van der Waals surface area contributed by atoms with Crippen molar-refractivity contribution < 1.29 is 0 Å². The first-order valence-electron chi connectivity index (χ1n) is 6.54. The normalized spacial score (nSPS) is 10.8. The minimum atomic E-state index is 0.846. The van der Waals surface area contributed by atoms with Gasteiger partial charge in [-0.2, -0.15) is 10.2 Å². The molecule has 3 aromatic rings. The van der Waals surface area contributed by atoms with Crippen LogP contribution in [-0.4, -0.2) is 31.1 Å². The van der Waals surface area contributed by atoms with E-state index in [0.717, 1.165) is 25.3 Å². The smallest absolute Gasteiger partial charge is 0.138 e. The molecular formula is C14H16N6. The van der Waals surface area contributed by atoms with Crippen LogP contribution in [0.2, 0.25) is 0 Å². The summed E-state index contributed by atoms with van der Waals surface area (Å²) >= 11 is 0. The number of hydrogen-bond acceptors (Lipinski definition) is 4. The van der Waals surface area contributed by atoms with E-state index in [1.807, 2.05) is 29.1 Å². The Hall–Kier alpha value is -2.47. The number of aromatic nitrogens is 5. The third-order valence-electron chi connectivity index (χ3n) is 3.03. The van der Waals surface area contributed by atoms with Gasteiger partial charge in [0.1, 0.15) is 12.7 Å². The second-order valence-electron chi connectivity index (χ2n) is 4.45. The minimum Gasteiger partial charge on any atom is -0.311 e. The molecule has 0 aliphatic carbocycles. The molecule has 0 aliphatic heterocycles. The second-order valence-corrected chi connectivity index (χ2v) is 4.45. The van der Waals surface area contributed by atoms with Gasteiger partial charge in [-0.05, 0) is 23.8 Å². The molecule has 3 rings (SSSR count). The van der Waals surface area contributed by atoms with Crippen molar-refractivity contribution in [1.82, 2.24) is 29.9 Å². The molecule has 6 nitrogen and oxygen atoms in total. The van der Waals surface area contributed by atoms with Crippen molar-refractivity contribution in [3.8, 4) is 5.69 Å². The molecule has 6 heteroatoms. The molecule has 2 aromatic heterocycles. The van der Waals surface area contributed by atoms with E-state index in [1.165, 1.54) is 11.9 Å². The van der Waals surface area contributed by atoms with Crippen LogP contribution in [0.4, 0.5) is 0 Å². The Morgan fingerprint density at radius 1 is 1.10 bits per heavy atom. The predicted molar refractivity (Wildman–Crippen MR) is 75.3 cm³/mol. The van der Waals surface area contributed by atoms with Gasteiger partial charge in [0.15, 0.2) is 0 Å². The molecule has 0 saturated heterocycles. The number of rotatable bonds is 6. The van der Waals surface area contributed by atoms with Gasteiger partial charge in [0, 0.05) is 25.5 Å². The molecule has 0 spiro atoms. The van der Waals surface area contributed by atoms with Gasteiger partial charge in [0.25, 0.3) is 0 Å². The highest BCUT2D eigenvalue weighted by Gasteiger charge is 1.97. The Morgan fingerprint density at radius 3 is 2.70 bits per heavy atom. The topological polar surface area (TPSA) is 60.6 Å². The maximum absolute atomic E-state index is 4.16. The Morgan fingerprint density at radius 2 is 2.00 bits per heavy atom. The van der Waals surface area contributed by atoms with E-state index in [1.54, 1.807) is 17.2 Å². The molecule has 0 saturated carbocycles. The first-order valence-corrected chi connectivity index (χ1v) is 6.54. The molecule has 2 heterocycles. The first-order chi connectivity index (χ1) is 9.92. The summed E-state index contributed by atoms with van der Waals surface area (Å²) in [6, 6.07) is 10.2. The minimum absolute atomic E-state index is 0.846. The monoisotopic (exact) mass is 268 g/mol. The van der Waals surface area contributed by atoms with E-state index >= 15 is 0 Å². The molecule has 0 bridgehead atoms. The van der Waals surface area contributed by atoms with Crippen molar-refractivity contribution in [2.75, 3.05) is 6.54 Å². The summed E-state index contributed by atoms with van der Waals surface area (Å²) in [5.74, 6) is 0. The van der Waals surface area contributed by atoms with Crippen LogP contribution in [0.15, 0.2) is 55.4 Å². The Bertz CT molecular complexity index is 612. The van der Waals surface area contributed by atoms with E-state index in [2.05, 4.69) is 32.6 Å². The van der Waals surface area contributed by atoms with Gasteiger partial charge in [0.05, 0.1) is 12.2 Å². The lowest BCUT2D eigenvalue weighted by atomic mass is 10.2. The van der Waals surface area contributed by atoms with E-state index in [-0.39, 0.29) is 0 Å². The van der Waals surface area contributed by atoms with Gasteiger partial charge in [-0.15, -0.1) is 0 Å². The predicted octanol–water partition coefficient (Wildman–Crippen LogP) is 1.25. The third kappa shape index (κ3) is 3.10. The maximum atomic E-state index is 4.16. The van der Waals surface area contributed by atoms with Gasteiger partial charge in [-0.25, -0.2) is 9.67 Å². The van der Waals surface area contributed by atoms with Crippen LogP contribution in [0.1, 0.15) is 5.56 Å². The van der Waals surface area contributed by atoms with Crippen molar-refractivity contribution in [2.45, 2.75) is 13.1 Å². The van der Waals surface area contributed by atoms with Gasteiger partial charge in [-0.3, -0.25) is 4.68 Å². The van der Waals surface area contributed by atoms with Crippen LogP contribution in [-0.2, 0) is 13.1 Å². The van der Waals surface area contributed by atoms with E-state index in [4.69, 9.17) is 0 Å². The SMILES string of the molecule is c1cnn(CCNCc2ccc(-n3cncn3)cc2)c1. The molecule has 20 heavy (non-hydrogen) atoms. The standard InChI is InChI=1S/C14H16N6/c1-6-17-19(8-1)9-7-15-10-13-2-4-14(5-3-13)20-12-16-11-18-20/h1-6,8,11-12,15H,7,9-10H2. The maximum Gasteiger partial charge on any atom is 0.138 e. The number of nitrogens with one attached hydrogen (secondary N) is 1. The van der Waals surface area contributed by atoms with Crippen molar-refractivity contribution in [3.05, 3.63) is 60.9 Å². The van der Waals surface area contributed by atoms with Crippen molar-refractivity contribution in [1.29, 1.82) is 0 Å². The summed E-state index contributed by atoms with van der Waals surface area (Å²) in [6.45, 7) is 2.62. The van der Waals surface area contributed by atoms with Gasteiger partial charge in [0.2, 0.25) is 0 Å². The highest BCUT2D eigenvalue weighted by atomic mass is 15.3. The zero-order valence-electron chi connectivity index (χ0n) is 11.1. The summed E-state index contributed by atoms with van der Waals surface area (Å²) < 4.78 is 3.66. The van der Waals surface area contributed by atoms with E-state index in [0.29, 0.717) is 0 Å². The van der Waals surface area contributed by atoms with Gasteiger partial charge in [-0.1, -0.05) is 12.1 Å². The second kappa shape index (κ2) is 6.12. The Labute approximate surface area is 117 Å². The lowest BCUT2D eigenvalue weighted by molar-refractivity contribution is 0.555. The summed E-state index contributed by atoms with van der Waals surface area (Å²) in [6.07, 6.45) is 6.99.